The van der Waals surface area contributed by atoms with Crippen molar-refractivity contribution >= 4 is 27.8 Å². The van der Waals surface area contributed by atoms with E-state index < -0.39 is 17.9 Å². The monoisotopic (exact) mass is 327 g/mol. The molecule has 102 valence electrons. The Hall–Kier alpha value is -1.40. The number of amides is 1. The molecule has 2 N–H and O–H groups in total. The molecular weight excluding hydrogens is 314 g/mol. The number of rotatable bonds is 3. The Bertz CT molecular complexity index is 517. The number of carboxylic acid groups (broad SMARTS) is 1. The van der Waals surface area contributed by atoms with Gasteiger partial charge in [-0.25, -0.2) is 0 Å². The molecule has 2 unspecified atom stereocenters. The fourth-order valence-electron chi connectivity index (χ4n) is 2.02. The molecule has 1 saturated heterocycles. The molecule has 1 aliphatic rings. The maximum absolute atomic E-state index is 12.2. The summed E-state index contributed by atoms with van der Waals surface area (Å²) in [7, 11) is 0. The van der Waals surface area contributed by atoms with Crippen molar-refractivity contribution in [2.75, 3.05) is 13.2 Å². The summed E-state index contributed by atoms with van der Waals surface area (Å²) in [5, 5.41) is 11.8. The van der Waals surface area contributed by atoms with Gasteiger partial charge in [0.25, 0.3) is 5.91 Å². The Morgan fingerprint density at radius 1 is 1.42 bits per heavy atom. The van der Waals surface area contributed by atoms with Crippen LogP contribution < -0.4 is 5.32 Å². The molecule has 1 aromatic rings. The van der Waals surface area contributed by atoms with Crippen LogP contribution in [-0.4, -0.2) is 36.2 Å². The topological polar surface area (TPSA) is 75.6 Å². The lowest BCUT2D eigenvalue weighted by molar-refractivity contribution is -0.142. The van der Waals surface area contributed by atoms with Crippen LogP contribution in [-0.2, 0) is 9.53 Å². The molecule has 0 saturated carbocycles. The Morgan fingerprint density at radius 2 is 2.16 bits per heavy atom. The molecule has 1 amide bonds. The maximum Gasteiger partial charge on any atom is 0.311 e. The molecule has 0 bridgehead atoms. The molecule has 1 fully saturated rings. The predicted molar refractivity (Wildman–Crippen MR) is 72.1 cm³/mol. The second kappa shape index (κ2) is 5.71. The minimum Gasteiger partial charge on any atom is -0.481 e. The molecule has 0 radical (unpaired) electrons. The van der Waals surface area contributed by atoms with Gasteiger partial charge in [0.15, 0.2) is 0 Å². The van der Waals surface area contributed by atoms with Crippen molar-refractivity contribution in [1.29, 1.82) is 0 Å². The molecule has 1 aromatic carbocycles. The van der Waals surface area contributed by atoms with Gasteiger partial charge in [0.2, 0.25) is 0 Å². The second-order valence-electron chi connectivity index (χ2n) is 4.52. The third-order valence-corrected chi connectivity index (χ3v) is 3.65. The zero-order chi connectivity index (χ0) is 14.0. The summed E-state index contributed by atoms with van der Waals surface area (Å²) >= 11 is 3.31. The molecule has 2 atom stereocenters. The Kier molecular flexibility index (Phi) is 4.21. The Morgan fingerprint density at radius 3 is 2.84 bits per heavy atom. The van der Waals surface area contributed by atoms with Gasteiger partial charge in [-0.3, -0.25) is 9.59 Å². The lowest BCUT2D eigenvalue weighted by Crippen LogP contribution is -2.42. The highest BCUT2D eigenvalue weighted by Crippen LogP contribution is 2.18. The van der Waals surface area contributed by atoms with Crippen molar-refractivity contribution in [2.24, 2.45) is 5.92 Å². The number of aliphatic carboxylic acids is 1. The van der Waals surface area contributed by atoms with Crippen LogP contribution in [0.15, 0.2) is 22.7 Å². The maximum atomic E-state index is 12.2. The SMILES string of the molecule is Cc1ccc(Br)cc1C(=O)NC1COCC1C(=O)O. The molecule has 1 aliphatic heterocycles. The van der Waals surface area contributed by atoms with E-state index in [2.05, 4.69) is 21.2 Å². The predicted octanol–water partition coefficient (Wildman–Crippen LogP) is 1.59. The van der Waals surface area contributed by atoms with Crippen LogP contribution in [0.1, 0.15) is 15.9 Å². The largest absolute Gasteiger partial charge is 0.481 e. The molecule has 5 nitrogen and oxygen atoms in total. The third-order valence-electron chi connectivity index (χ3n) is 3.16. The molecular formula is C13H14BrNO4. The van der Waals surface area contributed by atoms with Crippen LogP contribution in [0, 0.1) is 12.8 Å². The van der Waals surface area contributed by atoms with Crippen molar-refractivity contribution in [1.82, 2.24) is 5.32 Å². The van der Waals surface area contributed by atoms with E-state index in [4.69, 9.17) is 9.84 Å². The van der Waals surface area contributed by atoms with E-state index in [0.29, 0.717) is 5.56 Å². The fraction of sp³-hybridized carbons (Fsp3) is 0.385. The number of hydrogen-bond acceptors (Lipinski definition) is 3. The summed E-state index contributed by atoms with van der Waals surface area (Å²) in [5.74, 6) is -1.91. The Labute approximate surface area is 119 Å². The van der Waals surface area contributed by atoms with E-state index in [9.17, 15) is 9.59 Å². The van der Waals surface area contributed by atoms with E-state index in [-0.39, 0.29) is 19.1 Å². The minimum atomic E-state index is -0.950. The first-order valence-corrected chi connectivity index (χ1v) is 6.66. The van der Waals surface area contributed by atoms with Crippen molar-refractivity contribution in [3.8, 4) is 0 Å². The van der Waals surface area contributed by atoms with Crippen molar-refractivity contribution < 1.29 is 19.4 Å². The molecule has 2 rings (SSSR count). The summed E-state index contributed by atoms with van der Waals surface area (Å²) in [4.78, 5) is 23.2. The average Bonchev–Trinajstić information content (AvgIpc) is 2.80. The van der Waals surface area contributed by atoms with Crippen molar-refractivity contribution in [3.63, 3.8) is 0 Å². The first-order valence-electron chi connectivity index (χ1n) is 5.86. The van der Waals surface area contributed by atoms with Gasteiger partial charge in [-0.15, -0.1) is 0 Å². The van der Waals surface area contributed by atoms with Crippen LogP contribution in [0.25, 0.3) is 0 Å². The lowest BCUT2D eigenvalue weighted by atomic mass is 10.0. The van der Waals surface area contributed by atoms with Gasteiger partial charge in [0, 0.05) is 10.0 Å². The van der Waals surface area contributed by atoms with E-state index in [0.717, 1.165) is 10.0 Å². The zero-order valence-electron chi connectivity index (χ0n) is 10.4. The minimum absolute atomic E-state index is 0.137. The van der Waals surface area contributed by atoms with E-state index in [1.807, 2.05) is 19.1 Å². The lowest BCUT2D eigenvalue weighted by Gasteiger charge is -2.16. The van der Waals surface area contributed by atoms with Crippen LogP contribution >= 0.6 is 15.9 Å². The number of aryl methyl sites for hydroxylation is 1. The summed E-state index contributed by atoms with van der Waals surface area (Å²) in [6, 6.07) is 4.92. The number of halogens is 1. The number of ether oxygens (including phenoxy) is 1. The van der Waals surface area contributed by atoms with Crippen LogP contribution in [0.5, 0.6) is 0 Å². The highest BCUT2D eigenvalue weighted by molar-refractivity contribution is 9.10. The number of hydrogen-bond donors (Lipinski definition) is 2. The van der Waals surface area contributed by atoms with Crippen molar-refractivity contribution in [2.45, 2.75) is 13.0 Å². The standard InChI is InChI=1S/C13H14BrNO4/c1-7-2-3-8(14)4-9(7)12(16)15-11-6-19-5-10(11)13(17)18/h2-4,10-11H,5-6H2,1H3,(H,15,16)(H,17,18). The molecule has 0 spiro atoms. The van der Waals surface area contributed by atoms with Gasteiger partial charge in [-0.1, -0.05) is 22.0 Å². The van der Waals surface area contributed by atoms with Gasteiger partial charge in [-0.2, -0.15) is 0 Å². The first-order chi connectivity index (χ1) is 8.99. The Balaban J connectivity index is 2.12. The van der Waals surface area contributed by atoms with Gasteiger partial charge in [0.1, 0.15) is 5.92 Å². The fourth-order valence-corrected chi connectivity index (χ4v) is 2.39. The highest BCUT2D eigenvalue weighted by Gasteiger charge is 2.35. The number of carbonyl (C=O) groups excluding carboxylic acids is 1. The van der Waals surface area contributed by atoms with Crippen LogP contribution in [0.3, 0.4) is 0 Å². The summed E-state index contributed by atoms with van der Waals surface area (Å²) in [5.41, 5.74) is 1.37. The number of carbonyl (C=O) groups is 2. The smallest absolute Gasteiger partial charge is 0.311 e. The number of nitrogens with one attached hydrogen (secondary N) is 1. The van der Waals surface area contributed by atoms with Gasteiger partial charge >= 0.3 is 5.97 Å². The van der Waals surface area contributed by atoms with Crippen molar-refractivity contribution in [3.05, 3.63) is 33.8 Å². The van der Waals surface area contributed by atoms with E-state index in [1.165, 1.54) is 0 Å². The van der Waals surface area contributed by atoms with E-state index >= 15 is 0 Å². The second-order valence-corrected chi connectivity index (χ2v) is 5.44. The van der Waals surface area contributed by atoms with Crippen LogP contribution in [0.4, 0.5) is 0 Å². The van der Waals surface area contributed by atoms with Gasteiger partial charge in [0.05, 0.1) is 19.3 Å². The van der Waals surface area contributed by atoms with E-state index in [1.54, 1.807) is 6.07 Å². The average molecular weight is 328 g/mol. The molecule has 1 heterocycles. The summed E-state index contributed by atoms with van der Waals surface area (Å²) in [6.45, 7) is 2.20. The first kappa shape index (κ1) is 14.0. The normalized spacial score (nSPS) is 22.2. The van der Waals surface area contributed by atoms with Gasteiger partial charge in [-0.05, 0) is 24.6 Å². The number of carboxylic acids is 1. The highest BCUT2D eigenvalue weighted by atomic mass is 79.9. The third kappa shape index (κ3) is 3.13. The molecule has 0 aromatic heterocycles. The quantitative estimate of drug-likeness (QED) is 0.883. The molecule has 19 heavy (non-hydrogen) atoms. The number of benzene rings is 1. The summed E-state index contributed by atoms with van der Waals surface area (Å²) < 4.78 is 5.92. The van der Waals surface area contributed by atoms with Gasteiger partial charge < -0.3 is 15.2 Å². The molecule has 6 heteroatoms. The van der Waals surface area contributed by atoms with Crippen LogP contribution in [0.2, 0.25) is 0 Å². The zero-order valence-corrected chi connectivity index (χ0v) is 11.9. The molecule has 0 aliphatic carbocycles. The summed E-state index contributed by atoms with van der Waals surface area (Å²) in [6.07, 6.45) is 0.